The Kier molecular flexibility index (Phi) is 2.28. The number of hydrazone groups is 1. The lowest BCUT2D eigenvalue weighted by molar-refractivity contribution is 0.621. The lowest BCUT2D eigenvalue weighted by atomic mass is 10.5. The van der Waals surface area contributed by atoms with Gasteiger partial charge in [-0.05, 0) is 11.4 Å². The summed E-state index contributed by atoms with van der Waals surface area (Å²) in [5, 5.41) is 8.45. The van der Waals surface area contributed by atoms with Crippen LogP contribution in [0.2, 0.25) is 0 Å². The highest BCUT2D eigenvalue weighted by Gasteiger charge is 2.05. The quantitative estimate of drug-likeness (QED) is 0.665. The van der Waals surface area contributed by atoms with Crippen molar-refractivity contribution in [2.75, 3.05) is 7.05 Å². The van der Waals surface area contributed by atoms with Gasteiger partial charge in [-0.15, -0.1) is 11.3 Å². The van der Waals surface area contributed by atoms with Crippen LogP contribution in [0.5, 0.6) is 0 Å². The molecule has 0 saturated heterocycles. The zero-order valence-electron chi connectivity index (χ0n) is 6.80. The molecular weight excluding hydrogens is 188 g/mol. The van der Waals surface area contributed by atoms with Crippen LogP contribution < -0.4 is 0 Å². The smallest absolute Gasteiger partial charge is 0.0552 e. The molecule has 1 aromatic rings. The van der Waals surface area contributed by atoms with Gasteiger partial charge in [-0.25, -0.2) is 4.41 Å². The van der Waals surface area contributed by atoms with Gasteiger partial charge in [-0.3, -0.25) is 0 Å². The topological polar surface area (TPSA) is 15.6 Å². The summed E-state index contributed by atoms with van der Waals surface area (Å²) in [4.78, 5) is 1.44. The van der Waals surface area contributed by atoms with E-state index in [0.29, 0.717) is 0 Å². The van der Waals surface area contributed by atoms with Gasteiger partial charge in [-0.2, -0.15) is 5.10 Å². The van der Waals surface area contributed by atoms with Crippen molar-refractivity contribution in [3.8, 4) is 0 Å². The molecule has 64 valence electrons. The molecule has 2 nitrogen and oxygen atoms in total. The van der Waals surface area contributed by atoms with E-state index in [0.717, 1.165) is 5.75 Å². The summed E-state index contributed by atoms with van der Waals surface area (Å²) in [6.07, 6.45) is 1.89. The Morgan fingerprint density at radius 2 is 2.58 bits per heavy atom. The van der Waals surface area contributed by atoms with E-state index < -0.39 is 0 Å². The molecule has 4 heteroatoms. The monoisotopic (exact) mass is 198 g/mol. The predicted octanol–water partition coefficient (Wildman–Crippen LogP) is 2.17. The predicted molar refractivity (Wildman–Crippen MR) is 57.9 cm³/mol. The molecule has 0 bridgehead atoms. The lowest BCUT2D eigenvalue weighted by Gasteiger charge is -2.12. The first-order chi connectivity index (χ1) is 5.86. The van der Waals surface area contributed by atoms with Gasteiger partial charge >= 0.3 is 0 Å². The maximum absolute atomic E-state index is 4.17. The molecule has 2 rings (SSSR count). The van der Waals surface area contributed by atoms with Gasteiger partial charge < -0.3 is 0 Å². The first-order valence-electron chi connectivity index (χ1n) is 3.69. The fraction of sp³-hybridized carbons (Fsp3) is 0.250. The summed E-state index contributed by atoms with van der Waals surface area (Å²) >= 11 is 1.82. The highest BCUT2D eigenvalue weighted by atomic mass is 32.2. The van der Waals surface area contributed by atoms with Crippen molar-refractivity contribution in [2.45, 2.75) is 5.75 Å². The van der Waals surface area contributed by atoms with Crippen LogP contribution in [0.15, 0.2) is 22.6 Å². The van der Waals surface area contributed by atoms with Crippen molar-refractivity contribution < 1.29 is 0 Å². The summed E-state index contributed by atoms with van der Waals surface area (Å²) in [7, 11) is 2.22. The standard InChI is InChI=1S/C8H10N2S2/c1-10-9-4-6-12(10)7-8-3-2-5-11-8/h2-6H,7H2,1H3. The maximum Gasteiger partial charge on any atom is 0.0552 e. The van der Waals surface area contributed by atoms with Crippen LogP contribution in [-0.4, -0.2) is 23.0 Å². The van der Waals surface area contributed by atoms with E-state index >= 15 is 0 Å². The van der Waals surface area contributed by atoms with Crippen molar-refractivity contribution in [3.63, 3.8) is 0 Å². The van der Waals surface area contributed by atoms with E-state index in [9.17, 15) is 0 Å². The minimum atomic E-state index is 0.195. The van der Waals surface area contributed by atoms with Crippen molar-refractivity contribution in [2.24, 2.45) is 5.10 Å². The first-order valence-corrected chi connectivity index (χ1v) is 5.99. The molecule has 0 spiro atoms. The van der Waals surface area contributed by atoms with Crippen molar-refractivity contribution >= 4 is 33.6 Å². The molecule has 1 aliphatic heterocycles. The third kappa shape index (κ3) is 1.59. The van der Waals surface area contributed by atoms with E-state index in [-0.39, 0.29) is 10.7 Å². The number of hydrogen-bond acceptors (Lipinski definition) is 3. The van der Waals surface area contributed by atoms with Crippen LogP contribution in [0.25, 0.3) is 0 Å². The second-order valence-electron chi connectivity index (χ2n) is 2.49. The Labute approximate surface area is 78.6 Å². The summed E-state index contributed by atoms with van der Waals surface area (Å²) < 4.78 is 2.03. The van der Waals surface area contributed by atoms with Crippen molar-refractivity contribution in [1.82, 2.24) is 4.41 Å². The SMILES string of the molecule is CN1N=CC=S1Cc1cccs1. The van der Waals surface area contributed by atoms with E-state index in [1.165, 1.54) is 4.88 Å². The zero-order chi connectivity index (χ0) is 8.39. The second kappa shape index (κ2) is 3.41. The Hall–Kier alpha value is -0.610. The highest BCUT2D eigenvalue weighted by Crippen LogP contribution is 2.27. The summed E-state index contributed by atoms with van der Waals surface area (Å²) in [6.45, 7) is 0. The highest BCUT2D eigenvalue weighted by molar-refractivity contribution is 8.13. The van der Waals surface area contributed by atoms with E-state index in [1.807, 2.05) is 29.0 Å². The Balaban J connectivity index is 2.06. The fourth-order valence-electron chi connectivity index (χ4n) is 1.02. The summed E-state index contributed by atoms with van der Waals surface area (Å²) in [5.74, 6) is 1.11. The number of rotatable bonds is 2. The molecule has 0 N–H and O–H groups in total. The van der Waals surface area contributed by atoms with Gasteiger partial charge in [0, 0.05) is 23.0 Å². The van der Waals surface area contributed by atoms with Gasteiger partial charge in [0.25, 0.3) is 0 Å². The minimum Gasteiger partial charge on any atom is -0.248 e. The van der Waals surface area contributed by atoms with E-state index in [2.05, 4.69) is 28.0 Å². The average molecular weight is 198 g/mol. The molecule has 0 radical (unpaired) electrons. The van der Waals surface area contributed by atoms with E-state index in [1.54, 1.807) is 0 Å². The molecule has 1 unspecified atom stereocenters. The van der Waals surface area contributed by atoms with Crippen LogP contribution in [0.1, 0.15) is 4.88 Å². The fourth-order valence-corrected chi connectivity index (χ4v) is 3.36. The minimum absolute atomic E-state index is 0.195. The van der Waals surface area contributed by atoms with Crippen LogP contribution >= 0.6 is 22.0 Å². The molecule has 0 aromatic carbocycles. The average Bonchev–Trinajstić information content (AvgIpc) is 2.65. The van der Waals surface area contributed by atoms with Crippen molar-refractivity contribution in [1.29, 1.82) is 0 Å². The molecule has 0 fully saturated rings. The molecule has 1 aliphatic rings. The number of thiophene rings is 1. The normalized spacial score (nSPS) is 21.4. The second-order valence-corrected chi connectivity index (χ2v) is 5.41. The van der Waals surface area contributed by atoms with Gasteiger partial charge in [0.2, 0.25) is 0 Å². The van der Waals surface area contributed by atoms with Crippen LogP contribution in [0, 0.1) is 0 Å². The van der Waals surface area contributed by atoms with Gasteiger partial charge in [0.05, 0.1) is 6.21 Å². The first kappa shape index (κ1) is 8.01. The molecule has 1 aromatic heterocycles. The van der Waals surface area contributed by atoms with Crippen molar-refractivity contribution in [3.05, 3.63) is 22.4 Å². The van der Waals surface area contributed by atoms with Crippen LogP contribution in [0.3, 0.4) is 0 Å². The van der Waals surface area contributed by atoms with E-state index in [4.69, 9.17) is 0 Å². The third-order valence-electron chi connectivity index (χ3n) is 1.66. The third-order valence-corrected chi connectivity index (χ3v) is 4.53. The van der Waals surface area contributed by atoms with Gasteiger partial charge in [0.15, 0.2) is 0 Å². The van der Waals surface area contributed by atoms with Crippen LogP contribution in [-0.2, 0) is 5.75 Å². The van der Waals surface area contributed by atoms with Gasteiger partial charge in [-0.1, -0.05) is 16.7 Å². The molecule has 12 heavy (non-hydrogen) atoms. The molecule has 0 amide bonds. The Bertz CT molecular complexity index is 314. The molecule has 1 atom stereocenters. The zero-order valence-corrected chi connectivity index (χ0v) is 8.44. The summed E-state index contributed by atoms with van der Waals surface area (Å²) in [6, 6.07) is 4.28. The molecule has 0 saturated carbocycles. The number of nitrogens with zero attached hydrogens (tertiary/aromatic N) is 2. The summed E-state index contributed by atoms with van der Waals surface area (Å²) in [5.41, 5.74) is 0. The lowest BCUT2D eigenvalue weighted by Crippen LogP contribution is -1.99. The van der Waals surface area contributed by atoms with Gasteiger partial charge in [0.1, 0.15) is 0 Å². The molecule has 2 heterocycles. The Morgan fingerprint density at radius 3 is 3.17 bits per heavy atom. The Morgan fingerprint density at radius 1 is 1.67 bits per heavy atom. The molecular formula is C8H10N2S2. The largest absolute Gasteiger partial charge is 0.248 e. The maximum atomic E-state index is 4.17. The van der Waals surface area contributed by atoms with Crippen LogP contribution in [0.4, 0.5) is 0 Å². The number of hydrogen-bond donors (Lipinski definition) is 0. The molecule has 0 aliphatic carbocycles.